The van der Waals surface area contributed by atoms with Crippen LogP contribution in [-0.2, 0) is 47.9 Å². The number of hydrogen-bond acceptors (Lipinski definition) is 12. The van der Waals surface area contributed by atoms with Crippen molar-refractivity contribution in [2.75, 3.05) is 18.1 Å². The van der Waals surface area contributed by atoms with Crippen LogP contribution in [0.1, 0.15) is 128 Å². The van der Waals surface area contributed by atoms with Gasteiger partial charge in [0, 0.05) is 26.4 Å². The Labute approximate surface area is 423 Å². The maximum atomic E-state index is 14.3. The summed E-state index contributed by atoms with van der Waals surface area (Å²) in [4.78, 5) is 137. The largest absolute Gasteiger partial charge is 0.368 e. The van der Waals surface area contributed by atoms with Crippen LogP contribution in [0.3, 0.4) is 0 Å². The Morgan fingerprint density at radius 3 is 1.97 bits per heavy atom. The highest BCUT2D eigenvalue weighted by atomic mass is 16.2. The molecule has 2 bridgehead atoms. The number of anilines is 1. The highest BCUT2D eigenvalue weighted by molar-refractivity contribution is 6.40. The summed E-state index contributed by atoms with van der Waals surface area (Å²) in [6.07, 6.45) is 0.436. The zero-order valence-corrected chi connectivity index (χ0v) is 44.1. The molecule has 1 fully saturated rings. The van der Waals surface area contributed by atoms with Crippen LogP contribution in [0.5, 0.6) is 0 Å². The first kappa shape index (κ1) is 59.7. The molecule has 0 aromatic heterocycles. The molecule has 22 heteroatoms. The lowest BCUT2D eigenvalue weighted by atomic mass is 9.93. The Bertz CT molecular complexity index is 2160. The second-order valence-electron chi connectivity index (χ2n) is 21.1. The Hall–Kier alpha value is -6.61. The summed E-state index contributed by atoms with van der Waals surface area (Å²) in [6.45, 7) is 19.9. The first-order chi connectivity index (χ1) is 33.6. The molecule has 2 aliphatic heterocycles. The Morgan fingerprint density at radius 2 is 1.40 bits per heavy atom. The van der Waals surface area contributed by atoms with E-state index in [9.17, 15) is 47.9 Å². The number of para-hydroxylation sites is 1. The van der Waals surface area contributed by atoms with E-state index < -0.39 is 112 Å². The average molecular weight is 1010 g/mol. The third-order valence-electron chi connectivity index (χ3n) is 12.4. The van der Waals surface area contributed by atoms with E-state index >= 15 is 0 Å². The minimum atomic E-state index is -1.68. The van der Waals surface area contributed by atoms with Gasteiger partial charge in [0.25, 0.3) is 5.91 Å². The summed E-state index contributed by atoms with van der Waals surface area (Å²) in [5.74, 6) is -7.78. The van der Waals surface area contributed by atoms with Gasteiger partial charge in [-0.3, -0.25) is 47.9 Å². The number of carbonyl (C=O) groups is 10. The molecular weight excluding hydrogens is 929 g/mol. The van der Waals surface area contributed by atoms with E-state index in [1.165, 1.54) is 25.8 Å². The van der Waals surface area contributed by atoms with Crippen LogP contribution >= 0.6 is 0 Å². The maximum Gasteiger partial charge on any atom is 0.267 e. The fourth-order valence-corrected chi connectivity index (χ4v) is 8.28. The molecule has 1 saturated heterocycles. The number of nitrogens with one attached hydrogen (secondary N) is 9. The molecular formula is C50H80N12O10. The Kier molecular flexibility index (Phi) is 22.2. The quantitative estimate of drug-likeness (QED) is 0.130. The molecule has 400 valence electrons. The minimum absolute atomic E-state index is 0.00103. The van der Waals surface area contributed by atoms with Gasteiger partial charge in [-0.05, 0) is 95.1 Å². The number of hydrazone groups is 1. The van der Waals surface area contributed by atoms with Gasteiger partial charge in [-0.25, -0.2) is 5.01 Å². The summed E-state index contributed by atoms with van der Waals surface area (Å²) < 4.78 is 0. The first-order valence-electron chi connectivity index (χ1n) is 25.0. The van der Waals surface area contributed by atoms with E-state index in [0.29, 0.717) is 5.69 Å². The third-order valence-corrected chi connectivity index (χ3v) is 12.4. The van der Waals surface area contributed by atoms with Crippen LogP contribution < -0.4 is 58.6 Å². The maximum absolute atomic E-state index is 14.3. The summed E-state index contributed by atoms with van der Waals surface area (Å²) in [7, 11) is 0. The molecule has 0 saturated carbocycles. The molecule has 2 aliphatic rings. The molecule has 0 spiro atoms. The van der Waals surface area contributed by atoms with Gasteiger partial charge in [-0.1, -0.05) is 73.6 Å². The molecule has 1 unspecified atom stereocenters. The predicted molar refractivity (Wildman–Crippen MR) is 271 cm³/mol. The standard InChI is InChI=1S/C50H80N12O10/c1-27(2)24-35(40(51)64)57-42(66)33-20-16-22-52-41(65)37-26-50(12,62(61-37)32-18-14-13-15-19-32)48(72)53-23-17-21-34(55-45(69)38(29(5)6)54-31(9)63)43(67)58-36(25-28(3)4)44(68)60-49(10,11)47(71)59-39(30(7)8)46(70)56-33/h13-15,18-19,27-30,33-36,38-39H,16-17,20-26H2,1-12H3,(H2,51,64)(H,52,65)(H,53,72)(H,54,63)(H,55,69)(H,56,70)(H,57,66)(H,58,67)(H,59,71)(H,60,68)/t33-,34-,35-,36-,38-,39-,50?/m0/s1. The summed E-state index contributed by atoms with van der Waals surface area (Å²) in [6, 6.07) is 1.71. The molecule has 7 atom stereocenters. The average Bonchev–Trinajstić information content (AvgIpc) is 3.66. The topological polar surface area (TPSA) is 321 Å². The molecule has 0 aliphatic carbocycles. The zero-order valence-electron chi connectivity index (χ0n) is 44.1. The molecule has 11 N–H and O–H groups in total. The van der Waals surface area contributed by atoms with Gasteiger partial charge >= 0.3 is 0 Å². The van der Waals surface area contributed by atoms with E-state index in [2.05, 4.69) is 53.0 Å². The van der Waals surface area contributed by atoms with E-state index in [4.69, 9.17) is 5.73 Å². The third kappa shape index (κ3) is 17.3. The van der Waals surface area contributed by atoms with Crippen molar-refractivity contribution in [1.82, 2.24) is 47.9 Å². The second kappa shape index (κ2) is 26.7. The molecule has 0 radical (unpaired) electrons. The van der Waals surface area contributed by atoms with Crippen molar-refractivity contribution < 1.29 is 47.9 Å². The van der Waals surface area contributed by atoms with Crippen LogP contribution in [0.4, 0.5) is 5.69 Å². The number of rotatable bonds is 13. The number of fused-ring (bicyclic) bond motifs is 2. The van der Waals surface area contributed by atoms with Gasteiger partial charge in [0.2, 0.25) is 53.2 Å². The van der Waals surface area contributed by atoms with Crippen LogP contribution in [0.25, 0.3) is 0 Å². The lowest BCUT2D eigenvalue weighted by molar-refractivity contribution is -0.138. The first-order valence-corrected chi connectivity index (χ1v) is 25.0. The van der Waals surface area contributed by atoms with Crippen molar-refractivity contribution in [2.45, 2.75) is 175 Å². The van der Waals surface area contributed by atoms with E-state index in [1.807, 2.05) is 27.7 Å². The number of nitrogens with two attached hydrogens (primary N) is 1. The Morgan fingerprint density at radius 1 is 0.778 bits per heavy atom. The van der Waals surface area contributed by atoms with Crippen LogP contribution in [0.2, 0.25) is 0 Å². The number of amides is 10. The van der Waals surface area contributed by atoms with Crippen molar-refractivity contribution in [1.29, 1.82) is 0 Å². The number of benzene rings is 1. The van der Waals surface area contributed by atoms with Gasteiger partial charge in [0.1, 0.15) is 53.0 Å². The Balaban J connectivity index is 2.10. The van der Waals surface area contributed by atoms with Gasteiger partial charge in [-0.2, -0.15) is 5.10 Å². The highest BCUT2D eigenvalue weighted by Crippen LogP contribution is 2.33. The smallest absolute Gasteiger partial charge is 0.267 e. The highest BCUT2D eigenvalue weighted by Gasteiger charge is 2.47. The van der Waals surface area contributed by atoms with Crippen molar-refractivity contribution in [3.8, 4) is 0 Å². The zero-order chi connectivity index (χ0) is 54.2. The van der Waals surface area contributed by atoms with Gasteiger partial charge in [0.05, 0.1) is 5.69 Å². The van der Waals surface area contributed by atoms with Crippen molar-refractivity contribution in [3.63, 3.8) is 0 Å². The number of carbonyl (C=O) groups excluding carboxylic acids is 10. The minimum Gasteiger partial charge on any atom is -0.368 e. The molecule has 1 aromatic rings. The lowest BCUT2D eigenvalue weighted by Crippen LogP contribution is -2.64. The summed E-state index contributed by atoms with van der Waals surface area (Å²) in [5.41, 5.74) is 3.11. The van der Waals surface area contributed by atoms with Crippen molar-refractivity contribution >= 4 is 70.5 Å². The lowest BCUT2D eigenvalue weighted by Gasteiger charge is -2.33. The fourth-order valence-electron chi connectivity index (χ4n) is 8.28. The second-order valence-corrected chi connectivity index (χ2v) is 21.1. The van der Waals surface area contributed by atoms with Gasteiger partial charge in [-0.15, -0.1) is 0 Å². The normalized spacial score (nSPS) is 24.2. The molecule has 72 heavy (non-hydrogen) atoms. The van der Waals surface area contributed by atoms with E-state index in [-0.39, 0.29) is 81.5 Å². The van der Waals surface area contributed by atoms with Crippen LogP contribution in [0, 0.1) is 23.7 Å². The van der Waals surface area contributed by atoms with Crippen molar-refractivity contribution in [3.05, 3.63) is 30.3 Å². The van der Waals surface area contributed by atoms with Gasteiger partial charge in [0.15, 0.2) is 0 Å². The number of hydrogen-bond donors (Lipinski definition) is 10. The molecule has 2 heterocycles. The number of primary amides is 1. The van der Waals surface area contributed by atoms with Crippen molar-refractivity contribution in [2.24, 2.45) is 34.5 Å². The monoisotopic (exact) mass is 1010 g/mol. The molecule has 22 nitrogen and oxygen atoms in total. The molecule has 3 rings (SSSR count). The van der Waals surface area contributed by atoms with Crippen LogP contribution in [0.15, 0.2) is 35.4 Å². The summed E-state index contributed by atoms with van der Waals surface area (Å²) in [5, 5.41) is 30.7. The number of nitrogens with zero attached hydrogens (tertiary/aromatic N) is 2. The molecule has 1 aromatic carbocycles. The van der Waals surface area contributed by atoms with E-state index in [0.717, 1.165) is 0 Å². The predicted octanol–water partition coefficient (Wildman–Crippen LogP) is 0.531. The van der Waals surface area contributed by atoms with E-state index in [1.54, 1.807) is 65.0 Å². The fraction of sp³-hybridized carbons (Fsp3) is 0.660. The molecule has 10 amide bonds. The van der Waals surface area contributed by atoms with Crippen LogP contribution in [-0.4, -0.2) is 125 Å². The summed E-state index contributed by atoms with van der Waals surface area (Å²) >= 11 is 0. The SMILES string of the molecule is CC(=O)N[C@H](C(=O)N[C@H]1CCCNC(=O)C2(C)CC(=NN2c2ccccc2)C(=O)NCCC[C@@H](C(=O)N[C@@H](CC(C)C)C(N)=O)NC(=O)[C@H](C(C)C)NC(=O)C(C)(C)NC(=O)[C@H](CC(C)C)NC1=O)C(C)C. The van der Waals surface area contributed by atoms with Gasteiger partial charge < -0.3 is 53.6 Å².